The molecule has 1 aliphatic rings. The lowest BCUT2D eigenvalue weighted by atomic mass is 10.1. The van der Waals surface area contributed by atoms with Crippen molar-refractivity contribution in [1.29, 1.82) is 0 Å². The largest absolute Gasteiger partial charge is 0.319 e. The van der Waals surface area contributed by atoms with E-state index in [0.29, 0.717) is 13.1 Å². The Kier molecular flexibility index (Phi) is 4.92. The highest BCUT2D eigenvalue weighted by molar-refractivity contribution is 7.89. The van der Waals surface area contributed by atoms with Gasteiger partial charge in [0.05, 0.1) is 10.0 Å². The van der Waals surface area contributed by atoms with Gasteiger partial charge in [-0.1, -0.05) is 23.2 Å². The van der Waals surface area contributed by atoms with Crippen molar-refractivity contribution in [3.05, 3.63) is 28.0 Å². The van der Waals surface area contributed by atoms with E-state index in [4.69, 9.17) is 23.2 Å². The van der Waals surface area contributed by atoms with E-state index in [9.17, 15) is 12.8 Å². The van der Waals surface area contributed by atoms with Crippen LogP contribution in [0, 0.1) is 11.7 Å². The second-order valence-corrected chi connectivity index (χ2v) is 7.44. The van der Waals surface area contributed by atoms with Gasteiger partial charge in [-0.15, -0.1) is 0 Å². The summed E-state index contributed by atoms with van der Waals surface area (Å²) in [5.74, 6) is -0.647. The average molecular weight is 341 g/mol. The Labute approximate surface area is 127 Å². The van der Waals surface area contributed by atoms with E-state index < -0.39 is 20.9 Å². The van der Waals surface area contributed by atoms with Crippen molar-refractivity contribution in [3.8, 4) is 0 Å². The first-order chi connectivity index (χ1) is 9.37. The van der Waals surface area contributed by atoms with Crippen molar-refractivity contribution in [1.82, 2.24) is 9.62 Å². The van der Waals surface area contributed by atoms with Crippen molar-refractivity contribution in [2.75, 3.05) is 26.7 Å². The van der Waals surface area contributed by atoms with Crippen molar-refractivity contribution in [2.24, 2.45) is 5.92 Å². The highest BCUT2D eigenvalue weighted by Gasteiger charge is 2.34. The topological polar surface area (TPSA) is 49.4 Å². The Morgan fingerprint density at radius 2 is 2.15 bits per heavy atom. The molecule has 0 radical (unpaired) electrons. The molecule has 1 atom stereocenters. The molecule has 112 valence electrons. The number of rotatable bonds is 4. The molecule has 1 fully saturated rings. The third kappa shape index (κ3) is 2.94. The van der Waals surface area contributed by atoms with Crippen LogP contribution in [0.5, 0.6) is 0 Å². The number of sulfonamides is 1. The first kappa shape index (κ1) is 16.0. The van der Waals surface area contributed by atoms with Crippen LogP contribution in [-0.2, 0) is 10.0 Å². The maximum atomic E-state index is 13.6. The van der Waals surface area contributed by atoms with Gasteiger partial charge in [-0.05, 0) is 38.1 Å². The van der Waals surface area contributed by atoms with Gasteiger partial charge in [-0.3, -0.25) is 0 Å². The molecule has 0 bridgehead atoms. The summed E-state index contributed by atoms with van der Waals surface area (Å²) in [6.07, 6.45) is 0.772. The van der Waals surface area contributed by atoms with Gasteiger partial charge >= 0.3 is 0 Å². The number of nitrogens with one attached hydrogen (secondary N) is 1. The van der Waals surface area contributed by atoms with Crippen LogP contribution in [0.1, 0.15) is 6.42 Å². The minimum absolute atomic E-state index is 0.191. The van der Waals surface area contributed by atoms with Crippen molar-refractivity contribution in [2.45, 2.75) is 11.3 Å². The van der Waals surface area contributed by atoms with E-state index in [-0.39, 0.29) is 15.8 Å². The lowest BCUT2D eigenvalue weighted by molar-refractivity contribution is 0.450. The molecule has 1 saturated heterocycles. The molecule has 0 amide bonds. The second-order valence-electron chi connectivity index (χ2n) is 4.75. The predicted octanol–water partition coefficient (Wildman–Crippen LogP) is 2.36. The number of hydrogen-bond acceptors (Lipinski definition) is 3. The number of nitrogens with zero attached hydrogens (tertiary/aromatic N) is 1. The van der Waals surface area contributed by atoms with Gasteiger partial charge in [-0.2, -0.15) is 4.31 Å². The van der Waals surface area contributed by atoms with E-state index in [2.05, 4.69) is 5.32 Å². The Morgan fingerprint density at radius 1 is 1.45 bits per heavy atom. The standard InChI is InChI=1S/C12H15Cl2FN2O2S/c1-16-6-8-4-5-17(7-8)20(18,19)10-3-2-9(13)12(15)11(10)14/h2-3,8,16H,4-7H2,1H3. The molecule has 1 unspecified atom stereocenters. The van der Waals surface area contributed by atoms with Gasteiger partial charge < -0.3 is 5.32 Å². The fourth-order valence-electron chi connectivity index (χ4n) is 2.32. The van der Waals surface area contributed by atoms with Crippen LogP contribution in [0.15, 0.2) is 17.0 Å². The fourth-order valence-corrected chi connectivity index (χ4v) is 4.57. The molecule has 2 rings (SSSR count). The molecule has 1 aromatic carbocycles. The summed E-state index contributed by atoms with van der Waals surface area (Å²) >= 11 is 11.4. The van der Waals surface area contributed by atoms with Crippen molar-refractivity contribution < 1.29 is 12.8 Å². The Hall–Kier alpha value is -0.400. The van der Waals surface area contributed by atoms with Gasteiger partial charge in [0.2, 0.25) is 10.0 Å². The molecule has 0 spiro atoms. The van der Waals surface area contributed by atoms with Crippen LogP contribution >= 0.6 is 23.2 Å². The maximum absolute atomic E-state index is 13.6. The van der Waals surface area contributed by atoms with E-state index in [1.807, 2.05) is 7.05 Å². The molecule has 1 aliphatic heterocycles. The first-order valence-electron chi connectivity index (χ1n) is 6.16. The minimum Gasteiger partial charge on any atom is -0.319 e. The third-order valence-corrected chi connectivity index (χ3v) is 6.04. The highest BCUT2D eigenvalue weighted by atomic mass is 35.5. The van der Waals surface area contributed by atoms with E-state index >= 15 is 0 Å². The SMILES string of the molecule is CNCC1CCN(S(=O)(=O)c2ccc(Cl)c(F)c2Cl)C1. The summed E-state index contributed by atoms with van der Waals surface area (Å²) in [4.78, 5) is -0.230. The summed E-state index contributed by atoms with van der Waals surface area (Å²) in [6, 6.07) is 2.45. The molecule has 20 heavy (non-hydrogen) atoms. The maximum Gasteiger partial charge on any atom is 0.244 e. The zero-order valence-electron chi connectivity index (χ0n) is 10.9. The zero-order chi connectivity index (χ0) is 14.9. The molecule has 0 aromatic heterocycles. The third-order valence-electron chi connectivity index (χ3n) is 3.36. The monoisotopic (exact) mass is 340 g/mol. The van der Waals surface area contributed by atoms with Gasteiger partial charge in [0.1, 0.15) is 4.90 Å². The number of benzene rings is 1. The van der Waals surface area contributed by atoms with Crippen LogP contribution in [0.4, 0.5) is 4.39 Å². The summed E-state index contributed by atoms with van der Waals surface area (Å²) < 4.78 is 39.9. The van der Waals surface area contributed by atoms with Crippen LogP contribution < -0.4 is 5.32 Å². The van der Waals surface area contributed by atoms with Crippen LogP contribution in [-0.4, -0.2) is 39.4 Å². The molecule has 0 aliphatic carbocycles. The predicted molar refractivity (Wildman–Crippen MR) is 77.2 cm³/mol. The minimum atomic E-state index is -3.78. The summed E-state index contributed by atoms with van der Waals surface area (Å²) in [6.45, 7) is 1.56. The van der Waals surface area contributed by atoms with Crippen LogP contribution in [0.25, 0.3) is 0 Å². The normalized spacial score (nSPS) is 20.5. The molecular weight excluding hydrogens is 326 g/mol. The summed E-state index contributed by atoms with van der Waals surface area (Å²) in [5, 5.41) is 2.38. The molecule has 8 heteroatoms. The van der Waals surface area contributed by atoms with Gasteiger partial charge in [0.15, 0.2) is 5.82 Å². The number of halogens is 3. The van der Waals surface area contributed by atoms with E-state index in [0.717, 1.165) is 13.0 Å². The van der Waals surface area contributed by atoms with Crippen LogP contribution in [0.2, 0.25) is 10.0 Å². The summed E-state index contributed by atoms with van der Waals surface area (Å²) in [5.41, 5.74) is 0. The molecule has 4 nitrogen and oxygen atoms in total. The van der Waals surface area contributed by atoms with E-state index in [1.54, 1.807) is 0 Å². The lowest BCUT2D eigenvalue weighted by Gasteiger charge is -2.18. The Morgan fingerprint density at radius 3 is 2.80 bits per heavy atom. The lowest BCUT2D eigenvalue weighted by Crippen LogP contribution is -2.30. The zero-order valence-corrected chi connectivity index (χ0v) is 13.2. The quantitative estimate of drug-likeness (QED) is 0.856. The van der Waals surface area contributed by atoms with Crippen LogP contribution in [0.3, 0.4) is 0 Å². The van der Waals surface area contributed by atoms with Crippen molar-refractivity contribution >= 4 is 33.2 Å². The average Bonchev–Trinajstić information content (AvgIpc) is 2.85. The van der Waals surface area contributed by atoms with E-state index in [1.165, 1.54) is 16.4 Å². The Bertz CT molecular complexity index is 610. The first-order valence-corrected chi connectivity index (χ1v) is 8.35. The molecule has 1 N–H and O–H groups in total. The number of hydrogen-bond donors (Lipinski definition) is 1. The summed E-state index contributed by atoms with van der Waals surface area (Å²) in [7, 11) is -1.96. The molecule has 0 saturated carbocycles. The van der Waals surface area contributed by atoms with Gasteiger partial charge in [0.25, 0.3) is 0 Å². The Balaban J connectivity index is 2.30. The smallest absolute Gasteiger partial charge is 0.244 e. The highest BCUT2D eigenvalue weighted by Crippen LogP contribution is 2.33. The fraction of sp³-hybridized carbons (Fsp3) is 0.500. The van der Waals surface area contributed by atoms with Gasteiger partial charge in [0, 0.05) is 13.1 Å². The molecular formula is C12H15Cl2FN2O2S. The van der Waals surface area contributed by atoms with Gasteiger partial charge in [-0.25, -0.2) is 12.8 Å². The molecule has 1 heterocycles. The molecule has 1 aromatic rings. The second kappa shape index (κ2) is 6.15. The van der Waals surface area contributed by atoms with Crippen molar-refractivity contribution in [3.63, 3.8) is 0 Å².